The van der Waals surface area contributed by atoms with Gasteiger partial charge >= 0.3 is 7.12 Å². The topological polar surface area (TPSA) is 196 Å². The Hall–Kier alpha value is -7.40. The number of fused-ring (bicyclic) bond motifs is 4. The number of aromatic nitrogens is 8. The Labute approximate surface area is 349 Å². The van der Waals surface area contributed by atoms with Crippen molar-refractivity contribution in [3.8, 4) is 33.6 Å². The highest BCUT2D eigenvalue weighted by molar-refractivity contribution is 9.10. The summed E-state index contributed by atoms with van der Waals surface area (Å²) in [5, 5.41) is 23.9. The second-order valence-electron chi connectivity index (χ2n) is 13.1. The molecule has 8 aromatic heterocycles. The first-order valence-electron chi connectivity index (χ1n) is 18.2. The van der Waals surface area contributed by atoms with Crippen molar-refractivity contribution in [2.75, 3.05) is 11.5 Å². The van der Waals surface area contributed by atoms with Crippen LogP contribution in [-0.4, -0.2) is 57.0 Å². The largest absolute Gasteiger partial charge is 0.489 e. The molecule has 10 rings (SSSR count). The molecule has 0 bridgehead atoms. The summed E-state index contributed by atoms with van der Waals surface area (Å²) in [5.41, 5.74) is 16.1. The number of benzene rings is 2. The van der Waals surface area contributed by atoms with E-state index in [1.165, 1.54) is 18.2 Å². The van der Waals surface area contributed by atoms with E-state index in [-0.39, 0.29) is 11.3 Å². The summed E-state index contributed by atoms with van der Waals surface area (Å²) in [4.78, 5) is 33.8. The number of nitrogens with two attached hydrogens (primary N) is 2. The third kappa shape index (κ3) is 8.02. The van der Waals surface area contributed by atoms with Gasteiger partial charge in [0.2, 0.25) is 0 Å². The van der Waals surface area contributed by atoms with Gasteiger partial charge in [0, 0.05) is 97.7 Å². The molecule has 12 nitrogen and oxygen atoms in total. The van der Waals surface area contributed by atoms with Gasteiger partial charge in [-0.2, -0.15) is 0 Å². The fourth-order valence-corrected chi connectivity index (χ4v) is 7.03. The Morgan fingerprint density at radius 3 is 1.62 bits per heavy atom. The molecule has 292 valence electrons. The zero-order valence-electron chi connectivity index (χ0n) is 31.2. The van der Waals surface area contributed by atoms with E-state index in [1.54, 1.807) is 98.1 Å². The fraction of sp³-hybridized carbons (Fsp3) is 0. The summed E-state index contributed by atoms with van der Waals surface area (Å²) in [6.07, 6.45) is 13.5. The van der Waals surface area contributed by atoms with E-state index in [4.69, 9.17) is 11.5 Å². The minimum absolute atomic E-state index is 0.251. The molecule has 6 N–H and O–H groups in total. The molecule has 0 radical (unpaired) electrons. The van der Waals surface area contributed by atoms with Crippen LogP contribution in [0.3, 0.4) is 0 Å². The number of halogens is 3. The lowest BCUT2D eigenvalue weighted by Gasteiger charge is -2.12. The first-order valence-corrected chi connectivity index (χ1v) is 19.0. The van der Waals surface area contributed by atoms with Crippen LogP contribution in [0.5, 0.6) is 0 Å². The highest BCUT2D eigenvalue weighted by Gasteiger charge is 2.19. The predicted molar refractivity (Wildman–Crippen MR) is 234 cm³/mol. The monoisotopic (exact) mass is 858 g/mol. The SMILES string of the molecule is Nc1ncc(-c2cc(-c3ccccc3F)nc3ncccc23)c2ccncc12.Nc1ncc(Br)c2ccncc12.OB(O)c1cc(-c2ccccc2F)nc2ncccc12. The zero-order valence-corrected chi connectivity index (χ0v) is 32.8. The van der Waals surface area contributed by atoms with E-state index in [9.17, 15) is 18.8 Å². The van der Waals surface area contributed by atoms with Crippen LogP contribution in [0.25, 0.3) is 77.3 Å². The van der Waals surface area contributed by atoms with Crippen molar-refractivity contribution in [2.24, 2.45) is 0 Å². The Morgan fingerprint density at radius 1 is 0.483 bits per heavy atom. The number of pyridine rings is 8. The lowest BCUT2D eigenvalue weighted by Crippen LogP contribution is -2.31. The maximum atomic E-state index is 14.4. The molecule has 0 aliphatic rings. The van der Waals surface area contributed by atoms with Gasteiger partial charge < -0.3 is 21.5 Å². The maximum Gasteiger partial charge on any atom is 0.489 e. The molecule has 8 heterocycles. The highest BCUT2D eigenvalue weighted by Crippen LogP contribution is 2.36. The summed E-state index contributed by atoms with van der Waals surface area (Å²) < 4.78 is 29.2. The fourth-order valence-electron chi connectivity index (χ4n) is 6.58. The number of nitrogen functional groups attached to an aromatic ring is 2. The minimum atomic E-state index is -1.67. The zero-order chi connectivity index (χ0) is 41.8. The van der Waals surface area contributed by atoms with Crippen LogP contribution in [0, 0.1) is 11.6 Å². The number of hydrogen-bond donors (Lipinski definition) is 4. The lowest BCUT2D eigenvalue weighted by molar-refractivity contribution is 0.426. The molecule has 0 saturated carbocycles. The minimum Gasteiger partial charge on any atom is -0.423 e. The molecule has 0 spiro atoms. The predicted octanol–water partition coefficient (Wildman–Crippen LogP) is 7.72. The van der Waals surface area contributed by atoms with Crippen LogP contribution >= 0.6 is 15.9 Å². The van der Waals surface area contributed by atoms with Crippen LogP contribution in [0.1, 0.15) is 0 Å². The second kappa shape index (κ2) is 17.2. The molecule has 10 aromatic rings. The highest BCUT2D eigenvalue weighted by atomic mass is 79.9. The molecular weight excluding hydrogens is 829 g/mol. The standard InChI is InChI=1S/C22H14FN5.C14H10BFN2O2.C8H6BrN3/c23-19-6-2-1-4-15(19)20-10-16(14-5-3-8-26-22(14)28-20)17-12-27-21(24)18-11-25-9-7-13(17)18;16-12-6-2-1-4-10(12)13-8-11(15(19)20)9-5-3-7-17-14(9)18-13;9-7-4-12-8(10)6-3-11-2-1-5(6)7/h1-12H,(H2,24,27);1-8,19-20H;1-4H,(H2,10,12). The van der Waals surface area contributed by atoms with E-state index >= 15 is 0 Å². The van der Waals surface area contributed by atoms with Gasteiger partial charge in [-0.15, -0.1) is 0 Å². The number of hydrogen-bond acceptors (Lipinski definition) is 12. The Morgan fingerprint density at radius 2 is 1.02 bits per heavy atom. The molecule has 0 amide bonds. The van der Waals surface area contributed by atoms with Crippen LogP contribution in [-0.2, 0) is 0 Å². The summed E-state index contributed by atoms with van der Waals surface area (Å²) in [5.74, 6) is 0.174. The average molecular weight is 860 g/mol. The van der Waals surface area contributed by atoms with E-state index < -0.39 is 12.9 Å². The molecule has 16 heteroatoms. The van der Waals surface area contributed by atoms with E-state index in [0.717, 1.165) is 42.5 Å². The molecule has 0 aliphatic carbocycles. The van der Waals surface area contributed by atoms with Gasteiger partial charge in [-0.3, -0.25) is 9.97 Å². The lowest BCUT2D eigenvalue weighted by atomic mass is 9.78. The summed E-state index contributed by atoms with van der Waals surface area (Å²) in [6.45, 7) is 0. The number of nitrogens with zero attached hydrogens (tertiary/aromatic N) is 8. The van der Waals surface area contributed by atoms with Gasteiger partial charge in [-0.25, -0.2) is 38.7 Å². The van der Waals surface area contributed by atoms with E-state index in [2.05, 4.69) is 55.8 Å². The van der Waals surface area contributed by atoms with Gasteiger partial charge in [0.15, 0.2) is 11.3 Å². The van der Waals surface area contributed by atoms with Crippen molar-refractivity contribution in [2.45, 2.75) is 0 Å². The van der Waals surface area contributed by atoms with Crippen molar-refractivity contribution in [3.05, 3.63) is 163 Å². The van der Waals surface area contributed by atoms with Crippen molar-refractivity contribution in [1.82, 2.24) is 39.9 Å². The first-order chi connectivity index (χ1) is 29.2. The molecule has 0 atom stereocenters. The van der Waals surface area contributed by atoms with Crippen LogP contribution in [0.4, 0.5) is 20.4 Å². The molecular formula is C44H30BBrF2N10O2. The first kappa shape index (κ1) is 39.4. The van der Waals surface area contributed by atoms with Gasteiger partial charge in [0.25, 0.3) is 0 Å². The second-order valence-corrected chi connectivity index (χ2v) is 14.0. The third-order valence-corrected chi connectivity index (χ3v) is 10.1. The number of anilines is 2. The Bertz CT molecular complexity index is 3160. The summed E-state index contributed by atoms with van der Waals surface area (Å²) in [6, 6.07) is 27.1. The Kier molecular flexibility index (Phi) is 11.3. The molecule has 0 fully saturated rings. The smallest absolute Gasteiger partial charge is 0.423 e. The molecule has 0 aliphatic heterocycles. The molecule has 0 unspecified atom stereocenters. The van der Waals surface area contributed by atoms with Gasteiger partial charge in [0.05, 0.1) is 11.4 Å². The normalized spacial score (nSPS) is 10.9. The van der Waals surface area contributed by atoms with Crippen molar-refractivity contribution < 1.29 is 18.8 Å². The van der Waals surface area contributed by atoms with Crippen molar-refractivity contribution in [1.29, 1.82) is 0 Å². The van der Waals surface area contributed by atoms with Crippen LogP contribution in [0.2, 0.25) is 0 Å². The van der Waals surface area contributed by atoms with Gasteiger partial charge in [-0.05, 0) is 99.1 Å². The third-order valence-electron chi connectivity index (χ3n) is 9.46. The summed E-state index contributed by atoms with van der Waals surface area (Å²) >= 11 is 3.39. The van der Waals surface area contributed by atoms with Gasteiger partial charge in [0.1, 0.15) is 23.3 Å². The molecule has 60 heavy (non-hydrogen) atoms. The Balaban J connectivity index is 0.000000136. The average Bonchev–Trinajstić information content (AvgIpc) is 3.28. The summed E-state index contributed by atoms with van der Waals surface area (Å²) in [7, 11) is -1.67. The van der Waals surface area contributed by atoms with Gasteiger partial charge in [-0.1, -0.05) is 30.3 Å². The quantitative estimate of drug-likeness (QED) is 0.126. The van der Waals surface area contributed by atoms with E-state index in [0.29, 0.717) is 50.8 Å². The van der Waals surface area contributed by atoms with Crippen molar-refractivity contribution >= 4 is 83.8 Å². The maximum absolute atomic E-state index is 14.4. The molecule has 2 aromatic carbocycles. The van der Waals surface area contributed by atoms with Crippen molar-refractivity contribution in [3.63, 3.8) is 0 Å². The van der Waals surface area contributed by atoms with Crippen LogP contribution < -0.4 is 16.9 Å². The number of rotatable bonds is 4. The van der Waals surface area contributed by atoms with Crippen LogP contribution in [0.15, 0.2) is 151 Å². The van der Waals surface area contributed by atoms with E-state index in [1.807, 2.05) is 30.3 Å². The molecule has 0 saturated heterocycles.